The number of rotatable bonds is 9. The third kappa shape index (κ3) is 5.03. The van der Waals surface area contributed by atoms with E-state index in [9.17, 15) is 0 Å². The number of benzene rings is 1. The largest absolute Gasteiger partial charge is 0.402 e. The molecule has 0 spiro atoms. The Morgan fingerprint density at radius 3 is 2.32 bits per heavy atom. The van der Waals surface area contributed by atoms with Gasteiger partial charge in [-0.25, -0.2) is 0 Å². The fraction of sp³-hybridized carbons (Fsp3) is 0.500. The summed E-state index contributed by atoms with van der Waals surface area (Å²) in [6.45, 7) is 14.8. The van der Waals surface area contributed by atoms with Crippen LogP contribution in [0.5, 0.6) is 0 Å². The van der Waals surface area contributed by atoms with Crippen molar-refractivity contribution < 1.29 is 0 Å². The van der Waals surface area contributed by atoms with Crippen molar-refractivity contribution in [2.45, 2.75) is 47.0 Å². The number of nitrogens with two attached hydrogens (primary N) is 1. The second kappa shape index (κ2) is 8.79. The van der Waals surface area contributed by atoms with E-state index < -0.39 is 0 Å². The van der Waals surface area contributed by atoms with E-state index in [2.05, 4.69) is 63.0 Å². The Bertz CT molecular complexity index is 498. The number of hydrogen-bond acceptors (Lipinski definition) is 2. The molecule has 1 atom stereocenters. The predicted molar refractivity (Wildman–Crippen MR) is 97.7 cm³/mol. The SMILES string of the molecule is C=C(CC)C(CNCC)(C/C(C)=C(\C)N)Cc1ccccc1. The molecule has 1 aromatic rings. The zero-order valence-electron chi connectivity index (χ0n) is 14.7. The molecule has 0 aromatic heterocycles. The molecule has 122 valence electrons. The van der Waals surface area contributed by atoms with Gasteiger partial charge in [-0.15, -0.1) is 0 Å². The molecular weight excluding hydrogens is 268 g/mol. The van der Waals surface area contributed by atoms with E-state index in [0.717, 1.165) is 38.0 Å². The first-order valence-corrected chi connectivity index (χ1v) is 8.30. The van der Waals surface area contributed by atoms with E-state index in [-0.39, 0.29) is 5.41 Å². The zero-order valence-corrected chi connectivity index (χ0v) is 14.7. The summed E-state index contributed by atoms with van der Waals surface area (Å²) < 4.78 is 0. The molecule has 0 fully saturated rings. The standard InChI is InChI=1S/C20H32N2/c1-6-17(4)20(15-22-7-2,13-16(3)18(5)21)14-19-11-9-8-10-12-19/h8-12,22H,4,6-7,13-15,21H2,1-3,5H3/b18-16+. The highest BCUT2D eigenvalue weighted by atomic mass is 14.9. The summed E-state index contributed by atoms with van der Waals surface area (Å²) in [4.78, 5) is 0. The van der Waals surface area contributed by atoms with Crippen molar-refractivity contribution >= 4 is 0 Å². The molecule has 0 aliphatic rings. The van der Waals surface area contributed by atoms with E-state index in [1.807, 2.05) is 6.92 Å². The summed E-state index contributed by atoms with van der Waals surface area (Å²) in [6.07, 6.45) is 2.96. The average molecular weight is 300 g/mol. The first-order valence-electron chi connectivity index (χ1n) is 8.30. The van der Waals surface area contributed by atoms with Crippen LogP contribution >= 0.6 is 0 Å². The van der Waals surface area contributed by atoms with Crippen molar-refractivity contribution in [1.82, 2.24) is 5.32 Å². The lowest BCUT2D eigenvalue weighted by Crippen LogP contribution is -2.38. The van der Waals surface area contributed by atoms with Crippen LogP contribution in [0.25, 0.3) is 0 Å². The zero-order chi connectivity index (χ0) is 16.6. The third-order valence-electron chi connectivity index (χ3n) is 4.55. The number of allylic oxidation sites excluding steroid dienone is 2. The Balaban J connectivity index is 3.18. The average Bonchev–Trinajstić information content (AvgIpc) is 2.52. The molecule has 0 bridgehead atoms. The van der Waals surface area contributed by atoms with Crippen molar-refractivity contribution in [3.63, 3.8) is 0 Å². The molecule has 2 nitrogen and oxygen atoms in total. The van der Waals surface area contributed by atoms with Gasteiger partial charge in [0.05, 0.1) is 0 Å². The van der Waals surface area contributed by atoms with Gasteiger partial charge in [-0.05, 0) is 45.2 Å². The molecule has 1 aromatic carbocycles. The minimum atomic E-state index is 0.0246. The quantitative estimate of drug-likeness (QED) is 0.662. The summed E-state index contributed by atoms with van der Waals surface area (Å²) in [5.74, 6) is 0. The Morgan fingerprint density at radius 2 is 1.82 bits per heavy atom. The van der Waals surface area contributed by atoms with Gasteiger partial charge in [0.1, 0.15) is 0 Å². The molecule has 0 heterocycles. The Hall–Kier alpha value is -1.54. The molecule has 0 saturated heterocycles. The van der Waals surface area contributed by atoms with Gasteiger partial charge in [-0.3, -0.25) is 0 Å². The Kier molecular flexibility index (Phi) is 7.40. The number of nitrogens with one attached hydrogen (secondary N) is 1. The van der Waals surface area contributed by atoms with Crippen LogP contribution in [0.3, 0.4) is 0 Å². The summed E-state index contributed by atoms with van der Waals surface area (Å²) in [5, 5.41) is 3.54. The fourth-order valence-corrected chi connectivity index (χ4v) is 2.94. The predicted octanol–water partition coefficient (Wildman–Crippen LogP) is 4.43. The second-order valence-corrected chi connectivity index (χ2v) is 6.32. The lowest BCUT2D eigenvalue weighted by atomic mass is 9.70. The van der Waals surface area contributed by atoms with E-state index in [1.54, 1.807) is 0 Å². The van der Waals surface area contributed by atoms with Crippen molar-refractivity contribution in [2.24, 2.45) is 11.1 Å². The van der Waals surface area contributed by atoms with E-state index >= 15 is 0 Å². The highest BCUT2D eigenvalue weighted by Crippen LogP contribution is 2.38. The molecular formula is C20H32N2. The van der Waals surface area contributed by atoms with Gasteiger partial charge < -0.3 is 11.1 Å². The summed E-state index contributed by atoms with van der Waals surface area (Å²) >= 11 is 0. The van der Waals surface area contributed by atoms with Crippen LogP contribution in [0, 0.1) is 5.41 Å². The third-order valence-corrected chi connectivity index (χ3v) is 4.55. The maximum Gasteiger partial charge on any atom is 0.0112 e. The number of hydrogen-bond donors (Lipinski definition) is 2. The lowest BCUT2D eigenvalue weighted by molar-refractivity contribution is 0.321. The first kappa shape index (κ1) is 18.5. The van der Waals surface area contributed by atoms with Gasteiger partial charge >= 0.3 is 0 Å². The highest BCUT2D eigenvalue weighted by molar-refractivity contribution is 5.25. The van der Waals surface area contributed by atoms with E-state index in [0.29, 0.717) is 0 Å². The van der Waals surface area contributed by atoms with Crippen molar-refractivity contribution in [3.05, 3.63) is 59.3 Å². The van der Waals surface area contributed by atoms with Gasteiger partial charge in [0.2, 0.25) is 0 Å². The molecule has 0 radical (unpaired) electrons. The van der Waals surface area contributed by atoms with Crippen LogP contribution in [0.15, 0.2) is 53.8 Å². The van der Waals surface area contributed by atoms with Crippen molar-refractivity contribution in [2.75, 3.05) is 13.1 Å². The van der Waals surface area contributed by atoms with E-state index in [4.69, 9.17) is 5.73 Å². The summed E-state index contributed by atoms with van der Waals surface area (Å²) in [6, 6.07) is 10.7. The lowest BCUT2D eigenvalue weighted by Gasteiger charge is -2.37. The molecule has 22 heavy (non-hydrogen) atoms. The molecule has 0 amide bonds. The molecule has 0 saturated carbocycles. The molecule has 0 aliphatic heterocycles. The molecule has 1 unspecified atom stereocenters. The Labute approximate surface area is 136 Å². The van der Waals surface area contributed by atoms with Crippen LogP contribution < -0.4 is 11.1 Å². The minimum absolute atomic E-state index is 0.0246. The molecule has 1 rings (SSSR count). The van der Waals surface area contributed by atoms with Crippen LogP contribution in [0.4, 0.5) is 0 Å². The van der Waals surface area contributed by atoms with Gasteiger partial charge in [0.15, 0.2) is 0 Å². The van der Waals surface area contributed by atoms with Gasteiger partial charge in [0, 0.05) is 17.7 Å². The van der Waals surface area contributed by atoms with Crippen LogP contribution in [0.1, 0.15) is 46.1 Å². The molecule has 0 aliphatic carbocycles. The smallest absolute Gasteiger partial charge is 0.0112 e. The van der Waals surface area contributed by atoms with Gasteiger partial charge in [0.25, 0.3) is 0 Å². The van der Waals surface area contributed by atoms with E-state index in [1.165, 1.54) is 16.7 Å². The van der Waals surface area contributed by atoms with Crippen molar-refractivity contribution in [1.29, 1.82) is 0 Å². The summed E-state index contributed by atoms with van der Waals surface area (Å²) in [7, 11) is 0. The highest BCUT2D eigenvalue weighted by Gasteiger charge is 2.32. The van der Waals surface area contributed by atoms with Gasteiger partial charge in [-0.2, -0.15) is 0 Å². The minimum Gasteiger partial charge on any atom is -0.402 e. The van der Waals surface area contributed by atoms with Crippen LogP contribution in [0.2, 0.25) is 0 Å². The fourth-order valence-electron chi connectivity index (χ4n) is 2.94. The summed E-state index contributed by atoms with van der Waals surface area (Å²) in [5.41, 5.74) is 10.9. The molecule has 2 heteroatoms. The Morgan fingerprint density at radius 1 is 1.18 bits per heavy atom. The maximum atomic E-state index is 6.04. The topological polar surface area (TPSA) is 38.0 Å². The van der Waals surface area contributed by atoms with Crippen LogP contribution in [-0.4, -0.2) is 13.1 Å². The monoisotopic (exact) mass is 300 g/mol. The second-order valence-electron chi connectivity index (χ2n) is 6.32. The van der Waals surface area contributed by atoms with Crippen molar-refractivity contribution in [3.8, 4) is 0 Å². The van der Waals surface area contributed by atoms with Crippen LogP contribution in [-0.2, 0) is 6.42 Å². The normalized spacial score (nSPS) is 15.1. The van der Waals surface area contributed by atoms with Gasteiger partial charge in [-0.1, -0.05) is 61.9 Å². The maximum absolute atomic E-state index is 6.04. The first-order chi connectivity index (χ1) is 10.4. The molecule has 3 N–H and O–H groups in total.